The second-order valence-electron chi connectivity index (χ2n) is 6.21. The van der Waals surface area contributed by atoms with Gasteiger partial charge in [0.25, 0.3) is 11.6 Å². The number of para-hydroxylation sites is 1. The van der Waals surface area contributed by atoms with E-state index in [4.69, 9.17) is 14.2 Å². The summed E-state index contributed by atoms with van der Waals surface area (Å²) in [5.74, 6) is -0.233. The number of rotatable bonds is 6. The molecule has 0 spiro atoms. The topological polar surface area (TPSA) is 117 Å². The summed E-state index contributed by atoms with van der Waals surface area (Å²) in [4.78, 5) is 34.8. The van der Waals surface area contributed by atoms with Crippen LogP contribution < -0.4 is 14.8 Å². The lowest BCUT2D eigenvalue weighted by molar-refractivity contribution is -0.385. The largest absolute Gasteiger partial charge is 0.454 e. The van der Waals surface area contributed by atoms with Crippen LogP contribution >= 0.6 is 0 Å². The number of nitrogens with one attached hydrogen (secondary N) is 1. The number of nitrogens with zero attached hydrogens (tertiary/aromatic N) is 1. The molecule has 0 bridgehead atoms. The Hall–Kier alpha value is -3.62. The third-order valence-electron chi connectivity index (χ3n) is 4.25. The number of aryl methyl sites for hydroxylation is 1. The molecule has 28 heavy (non-hydrogen) atoms. The highest BCUT2D eigenvalue weighted by Gasteiger charge is 2.24. The summed E-state index contributed by atoms with van der Waals surface area (Å²) < 4.78 is 15.5. The van der Waals surface area contributed by atoms with Crippen LogP contribution in [0, 0.1) is 17.0 Å². The van der Waals surface area contributed by atoms with Crippen molar-refractivity contribution in [3.05, 3.63) is 63.2 Å². The predicted molar refractivity (Wildman–Crippen MR) is 97.2 cm³/mol. The van der Waals surface area contributed by atoms with Gasteiger partial charge in [-0.3, -0.25) is 14.9 Å². The summed E-state index contributed by atoms with van der Waals surface area (Å²) in [7, 11) is 0. The van der Waals surface area contributed by atoms with Gasteiger partial charge in [0.2, 0.25) is 6.79 Å². The minimum absolute atomic E-state index is 0.153. The fourth-order valence-electron chi connectivity index (χ4n) is 2.82. The molecule has 146 valence electrons. The number of hydrogen-bond donors (Lipinski definition) is 1. The highest BCUT2D eigenvalue weighted by atomic mass is 16.7. The Morgan fingerprint density at radius 3 is 2.75 bits per heavy atom. The van der Waals surface area contributed by atoms with Crippen molar-refractivity contribution in [2.75, 3.05) is 13.4 Å². The first-order chi connectivity index (χ1) is 13.4. The number of carbonyl (C=O) groups is 2. The lowest BCUT2D eigenvalue weighted by Crippen LogP contribution is -2.31. The molecule has 3 rings (SSSR count). The molecule has 0 unspecified atom stereocenters. The Bertz CT molecular complexity index is 942. The molecule has 0 saturated heterocycles. The first kappa shape index (κ1) is 19.2. The van der Waals surface area contributed by atoms with Crippen LogP contribution in [0.4, 0.5) is 5.69 Å². The molecule has 1 aliphatic rings. The molecule has 1 heterocycles. The molecule has 9 heteroatoms. The van der Waals surface area contributed by atoms with Crippen LogP contribution in [0.2, 0.25) is 0 Å². The number of nitro benzene ring substituents is 1. The summed E-state index contributed by atoms with van der Waals surface area (Å²) in [6, 6.07) is 9.26. The second-order valence-corrected chi connectivity index (χ2v) is 6.21. The molecular weight excluding hydrogens is 368 g/mol. The highest BCUT2D eigenvalue weighted by molar-refractivity contribution is 5.95. The molecule has 1 atom stereocenters. The Morgan fingerprint density at radius 1 is 1.25 bits per heavy atom. The van der Waals surface area contributed by atoms with Crippen molar-refractivity contribution in [2.45, 2.75) is 19.9 Å². The van der Waals surface area contributed by atoms with Gasteiger partial charge in [-0.2, -0.15) is 0 Å². The number of hydrogen-bond acceptors (Lipinski definition) is 7. The fourth-order valence-corrected chi connectivity index (χ4v) is 2.82. The van der Waals surface area contributed by atoms with Crippen molar-refractivity contribution in [3.63, 3.8) is 0 Å². The average molecular weight is 386 g/mol. The van der Waals surface area contributed by atoms with Crippen molar-refractivity contribution in [2.24, 2.45) is 0 Å². The number of ether oxygens (including phenoxy) is 3. The molecule has 2 aromatic carbocycles. The number of carbonyl (C=O) groups excluding carboxylic acids is 2. The molecule has 0 saturated carbocycles. The maximum absolute atomic E-state index is 12.2. The number of amides is 1. The van der Waals surface area contributed by atoms with Gasteiger partial charge in [0, 0.05) is 5.56 Å². The summed E-state index contributed by atoms with van der Waals surface area (Å²) in [6.07, 6.45) is 0. The zero-order valence-electron chi connectivity index (χ0n) is 15.3. The number of fused-ring (bicyclic) bond motifs is 1. The third-order valence-corrected chi connectivity index (χ3v) is 4.25. The molecule has 0 radical (unpaired) electrons. The van der Waals surface area contributed by atoms with Gasteiger partial charge in [0.05, 0.1) is 11.0 Å². The lowest BCUT2D eigenvalue weighted by Gasteiger charge is -2.15. The van der Waals surface area contributed by atoms with Crippen LogP contribution in [0.3, 0.4) is 0 Å². The molecule has 1 aliphatic heterocycles. The molecular formula is C19H18N2O7. The van der Waals surface area contributed by atoms with Crippen molar-refractivity contribution >= 4 is 17.6 Å². The number of esters is 1. The van der Waals surface area contributed by atoms with E-state index in [-0.39, 0.29) is 24.1 Å². The Morgan fingerprint density at radius 2 is 2.00 bits per heavy atom. The van der Waals surface area contributed by atoms with E-state index in [9.17, 15) is 19.7 Å². The van der Waals surface area contributed by atoms with Crippen molar-refractivity contribution in [1.29, 1.82) is 0 Å². The highest BCUT2D eigenvalue weighted by Crippen LogP contribution is 2.34. The van der Waals surface area contributed by atoms with Crippen molar-refractivity contribution in [1.82, 2.24) is 5.32 Å². The molecule has 2 aromatic rings. The lowest BCUT2D eigenvalue weighted by atomic mass is 10.1. The zero-order valence-corrected chi connectivity index (χ0v) is 15.3. The molecule has 9 nitrogen and oxygen atoms in total. The first-order valence-corrected chi connectivity index (χ1v) is 8.47. The SMILES string of the molecule is Cc1cccc(C(=O)OCC(=O)N[C@H](C)c2ccc3c(c2)OCO3)c1[N+](=O)[O-]. The predicted octanol–water partition coefficient (Wildman–Crippen LogP) is 2.67. The fraction of sp³-hybridized carbons (Fsp3) is 0.263. The average Bonchev–Trinajstić information content (AvgIpc) is 3.13. The van der Waals surface area contributed by atoms with Crippen molar-refractivity contribution < 1.29 is 28.7 Å². The van der Waals surface area contributed by atoms with Crippen LogP contribution in [-0.2, 0) is 9.53 Å². The van der Waals surface area contributed by atoms with Crippen LogP contribution in [0.1, 0.15) is 34.5 Å². The number of benzene rings is 2. The smallest absolute Gasteiger partial charge is 0.345 e. The Kier molecular flexibility index (Phi) is 5.44. The van der Waals surface area contributed by atoms with Gasteiger partial charge in [-0.15, -0.1) is 0 Å². The van der Waals surface area contributed by atoms with Crippen LogP contribution in [0.25, 0.3) is 0 Å². The molecule has 1 amide bonds. The van der Waals surface area contributed by atoms with E-state index in [0.717, 1.165) is 5.56 Å². The van der Waals surface area contributed by atoms with E-state index >= 15 is 0 Å². The van der Waals surface area contributed by atoms with E-state index in [2.05, 4.69) is 5.32 Å². The quantitative estimate of drug-likeness (QED) is 0.461. The standard InChI is InChI=1S/C19H18N2O7/c1-11-4-3-5-14(18(11)21(24)25)19(23)26-9-17(22)20-12(2)13-6-7-15-16(8-13)28-10-27-15/h3-8,12H,9-10H2,1-2H3,(H,20,22)/t12-/m1/s1. The molecule has 0 aliphatic carbocycles. The van der Waals surface area contributed by atoms with E-state index < -0.39 is 23.4 Å². The van der Waals surface area contributed by atoms with Gasteiger partial charge in [-0.25, -0.2) is 4.79 Å². The molecule has 1 N–H and O–H groups in total. The third kappa shape index (κ3) is 4.03. The zero-order chi connectivity index (χ0) is 20.3. The van der Waals surface area contributed by atoms with Crippen molar-refractivity contribution in [3.8, 4) is 11.5 Å². The summed E-state index contributed by atoms with van der Waals surface area (Å²) in [5.41, 5.74) is 0.599. The maximum atomic E-state index is 12.2. The summed E-state index contributed by atoms with van der Waals surface area (Å²) in [5, 5.41) is 13.9. The van der Waals surface area contributed by atoms with E-state index in [1.807, 2.05) is 0 Å². The van der Waals surface area contributed by atoms with Crippen LogP contribution in [0.15, 0.2) is 36.4 Å². The second kappa shape index (κ2) is 7.95. The van der Waals surface area contributed by atoms with Gasteiger partial charge < -0.3 is 19.5 Å². The Balaban J connectivity index is 1.59. The monoisotopic (exact) mass is 386 g/mol. The Labute approximate surface area is 160 Å². The molecule has 0 aromatic heterocycles. The normalized spacial score (nSPS) is 12.9. The van der Waals surface area contributed by atoms with E-state index in [1.54, 1.807) is 25.1 Å². The number of nitro groups is 1. The van der Waals surface area contributed by atoms with Gasteiger partial charge in [-0.05, 0) is 37.6 Å². The van der Waals surface area contributed by atoms with Gasteiger partial charge in [0.15, 0.2) is 18.1 Å². The maximum Gasteiger partial charge on any atom is 0.345 e. The van der Waals surface area contributed by atoms with Crippen LogP contribution in [-0.4, -0.2) is 30.2 Å². The van der Waals surface area contributed by atoms with Gasteiger partial charge >= 0.3 is 5.97 Å². The van der Waals surface area contributed by atoms with E-state index in [1.165, 1.54) is 25.1 Å². The van der Waals surface area contributed by atoms with Crippen LogP contribution in [0.5, 0.6) is 11.5 Å². The molecule has 0 fully saturated rings. The first-order valence-electron chi connectivity index (χ1n) is 8.47. The summed E-state index contributed by atoms with van der Waals surface area (Å²) in [6.45, 7) is 2.89. The summed E-state index contributed by atoms with van der Waals surface area (Å²) >= 11 is 0. The minimum atomic E-state index is -0.929. The van der Waals surface area contributed by atoms with Gasteiger partial charge in [-0.1, -0.05) is 18.2 Å². The minimum Gasteiger partial charge on any atom is -0.454 e. The van der Waals surface area contributed by atoms with E-state index in [0.29, 0.717) is 17.1 Å². The van der Waals surface area contributed by atoms with Gasteiger partial charge in [0.1, 0.15) is 5.56 Å².